The number of hydrogen-bond acceptors (Lipinski definition) is 6. The minimum Gasteiger partial charge on any atom is -0.465 e. The van der Waals surface area contributed by atoms with Crippen molar-refractivity contribution in [3.63, 3.8) is 0 Å². The lowest BCUT2D eigenvalue weighted by molar-refractivity contribution is -0.163. The van der Waals surface area contributed by atoms with Gasteiger partial charge in [-0.15, -0.1) is 0 Å². The van der Waals surface area contributed by atoms with Crippen LogP contribution in [0.15, 0.2) is 0 Å². The Morgan fingerprint density at radius 3 is 1.62 bits per heavy atom. The molecule has 0 radical (unpaired) electrons. The average Bonchev–Trinajstić information content (AvgIpc) is 2.44. The highest BCUT2D eigenvalue weighted by atomic mass is 16.7. The first-order valence-electron chi connectivity index (χ1n) is 7.66. The van der Waals surface area contributed by atoms with E-state index in [0.29, 0.717) is 32.5 Å². The van der Waals surface area contributed by atoms with Gasteiger partial charge in [0.05, 0.1) is 13.2 Å². The molecule has 0 aliphatic heterocycles. The van der Waals surface area contributed by atoms with Crippen LogP contribution in [-0.4, -0.2) is 44.7 Å². The summed E-state index contributed by atoms with van der Waals surface area (Å²) >= 11 is 0. The maximum absolute atomic E-state index is 11.8. The molecule has 0 aromatic rings. The molecule has 124 valence electrons. The van der Waals surface area contributed by atoms with E-state index in [0.717, 1.165) is 0 Å². The van der Waals surface area contributed by atoms with Gasteiger partial charge in [0.15, 0.2) is 12.2 Å². The van der Waals surface area contributed by atoms with Crippen molar-refractivity contribution in [1.29, 1.82) is 0 Å². The Labute approximate surface area is 127 Å². The van der Waals surface area contributed by atoms with Crippen LogP contribution in [0.5, 0.6) is 0 Å². The summed E-state index contributed by atoms with van der Waals surface area (Å²) in [4.78, 5) is 23.6. The highest BCUT2D eigenvalue weighted by molar-refractivity contribution is 5.94. The second-order valence-electron chi connectivity index (χ2n) is 4.33. The van der Waals surface area contributed by atoms with Crippen LogP contribution in [0.4, 0.5) is 0 Å². The van der Waals surface area contributed by atoms with Crippen LogP contribution in [0.3, 0.4) is 0 Å². The standard InChI is InChI=1S/C15H28O6/c1-5-18-13(19-6-2)11-9-10-12(14(16)20-7-3)15(17)21-8-4/h12-13H,5-11H2,1-4H3. The van der Waals surface area contributed by atoms with Gasteiger partial charge in [0.1, 0.15) is 0 Å². The van der Waals surface area contributed by atoms with Gasteiger partial charge in [-0.05, 0) is 47.0 Å². The molecule has 0 aromatic heterocycles. The lowest BCUT2D eigenvalue weighted by Gasteiger charge is -2.18. The average molecular weight is 304 g/mol. The van der Waals surface area contributed by atoms with Crippen LogP contribution in [0, 0.1) is 5.92 Å². The van der Waals surface area contributed by atoms with Gasteiger partial charge in [0.25, 0.3) is 0 Å². The molecule has 0 saturated heterocycles. The SMILES string of the molecule is CCOC(=O)C(CCCC(OCC)OCC)C(=O)OCC. The minimum absolute atomic E-state index is 0.245. The Morgan fingerprint density at radius 2 is 1.24 bits per heavy atom. The van der Waals surface area contributed by atoms with Crippen molar-refractivity contribution in [3.8, 4) is 0 Å². The molecule has 0 aliphatic carbocycles. The highest BCUT2D eigenvalue weighted by Gasteiger charge is 2.29. The third-order valence-corrected chi connectivity index (χ3v) is 2.78. The second kappa shape index (κ2) is 12.6. The molecular weight excluding hydrogens is 276 g/mol. The fourth-order valence-electron chi connectivity index (χ4n) is 1.89. The van der Waals surface area contributed by atoms with Crippen molar-refractivity contribution in [1.82, 2.24) is 0 Å². The van der Waals surface area contributed by atoms with Gasteiger partial charge in [-0.1, -0.05) is 0 Å². The lowest BCUT2D eigenvalue weighted by atomic mass is 10.0. The van der Waals surface area contributed by atoms with Crippen molar-refractivity contribution >= 4 is 11.9 Å². The normalized spacial score (nSPS) is 11.0. The van der Waals surface area contributed by atoms with E-state index in [2.05, 4.69) is 0 Å². The number of ether oxygens (including phenoxy) is 4. The fourth-order valence-corrected chi connectivity index (χ4v) is 1.89. The summed E-state index contributed by atoms with van der Waals surface area (Å²) in [7, 11) is 0. The number of esters is 2. The highest BCUT2D eigenvalue weighted by Crippen LogP contribution is 2.16. The van der Waals surface area contributed by atoms with Gasteiger partial charge in [0, 0.05) is 13.2 Å². The summed E-state index contributed by atoms with van der Waals surface area (Å²) in [6, 6.07) is 0. The first-order chi connectivity index (χ1) is 10.1. The van der Waals surface area contributed by atoms with E-state index in [9.17, 15) is 9.59 Å². The van der Waals surface area contributed by atoms with Gasteiger partial charge >= 0.3 is 11.9 Å². The topological polar surface area (TPSA) is 71.1 Å². The molecule has 0 amide bonds. The summed E-state index contributed by atoms with van der Waals surface area (Å²) in [6.45, 7) is 8.82. The number of hydrogen-bond donors (Lipinski definition) is 0. The molecule has 6 nitrogen and oxygen atoms in total. The summed E-state index contributed by atoms with van der Waals surface area (Å²) in [5, 5.41) is 0. The van der Waals surface area contributed by atoms with E-state index < -0.39 is 17.9 Å². The van der Waals surface area contributed by atoms with Crippen molar-refractivity contribution in [2.24, 2.45) is 5.92 Å². The molecule has 0 rings (SSSR count). The minimum atomic E-state index is -0.867. The summed E-state index contributed by atoms with van der Waals surface area (Å²) in [6.07, 6.45) is 1.31. The number of rotatable bonds is 12. The zero-order chi connectivity index (χ0) is 16.1. The fraction of sp³-hybridized carbons (Fsp3) is 0.867. The summed E-state index contributed by atoms with van der Waals surface area (Å²) in [5.74, 6) is -1.92. The van der Waals surface area contributed by atoms with Crippen LogP contribution in [0.25, 0.3) is 0 Å². The van der Waals surface area contributed by atoms with Crippen molar-refractivity contribution in [3.05, 3.63) is 0 Å². The van der Waals surface area contributed by atoms with E-state index in [1.807, 2.05) is 13.8 Å². The van der Waals surface area contributed by atoms with E-state index >= 15 is 0 Å². The van der Waals surface area contributed by atoms with Gasteiger partial charge in [0.2, 0.25) is 0 Å². The molecule has 0 aromatic carbocycles. The lowest BCUT2D eigenvalue weighted by Crippen LogP contribution is -2.28. The van der Waals surface area contributed by atoms with Gasteiger partial charge in [-0.2, -0.15) is 0 Å². The number of carbonyl (C=O) groups excluding carboxylic acids is 2. The zero-order valence-electron chi connectivity index (χ0n) is 13.6. The molecule has 0 fully saturated rings. The molecule has 0 N–H and O–H groups in total. The van der Waals surface area contributed by atoms with Crippen LogP contribution >= 0.6 is 0 Å². The first kappa shape index (κ1) is 19.9. The quantitative estimate of drug-likeness (QED) is 0.313. The van der Waals surface area contributed by atoms with Crippen LogP contribution in [0.1, 0.15) is 47.0 Å². The van der Waals surface area contributed by atoms with E-state index in [4.69, 9.17) is 18.9 Å². The molecule has 0 aliphatic rings. The molecule has 0 spiro atoms. The monoisotopic (exact) mass is 304 g/mol. The zero-order valence-corrected chi connectivity index (χ0v) is 13.6. The Kier molecular flexibility index (Phi) is 11.9. The van der Waals surface area contributed by atoms with Gasteiger partial charge in [-0.25, -0.2) is 0 Å². The molecule has 21 heavy (non-hydrogen) atoms. The van der Waals surface area contributed by atoms with Crippen molar-refractivity contribution in [2.45, 2.75) is 53.2 Å². The third-order valence-electron chi connectivity index (χ3n) is 2.78. The predicted molar refractivity (Wildman–Crippen MR) is 77.6 cm³/mol. The second-order valence-corrected chi connectivity index (χ2v) is 4.33. The molecular formula is C15H28O6. The maximum atomic E-state index is 11.8. The van der Waals surface area contributed by atoms with Crippen molar-refractivity contribution < 1.29 is 28.5 Å². The van der Waals surface area contributed by atoms with E-state index in [1.54, 1.807) is 13.8 Å². The predicted octanol–water partition coefficient (Wildman–Crippen LogP) is 2.30. The molecule has 0 heterocycles. The largest absolute Gasteiger partial charge is 0.465 e. The summed E-state index contributed by atoms with van der Waals surface area (Å²) < 4.78 is 20.7. The summed E-state index contributed by atoms with van der Waals surface area (Å²) in [5.41, 5.74) is 0. The Hall–Kier alpha value is -1.14. The molecule has 0 atom stereocenters. The maximum Gasteiger partial charge on any atom is 0.320 e. The van der Waals surface area contributed by atoms with Gasteiger partial charge in [-0.3, -0.25) is 9.59 Å². The molecule has 6 heteroatoms. The van der Waals surface area contributed by atoms with Gasteiger partial charge < -0.3 is 18.9 Å². The van der Waals surface area contributed by atoms with Crippen molar-refractivity contribution in [2.75, 3.05) is 26.4 Å². The number of carbonyl (C=O) groups is 2. The Balaban J connectivity index is 4.39. The molecule has 0 saturated carbocycles. The smallest absolute Gasteiger partial charge is 0.320 e. The van der Waals surface area contributed by atoms with Crippen LogP contribution in [0.2, 0.25) is 0 Å². The molecule has 0 bridgehead atoms. The Morgan fingerprint density at radius 1 is 0.762 bits per heavy atom. The Bertz CT molecular complexity index is 268. The molecule has 0 unspecified atom stereocenters. The first-order valence-corrected chi connectivity index (χ1v) is 7.66. The van der Waals surface area contributed by atoms with E-state index in [1.165, 1.54) is 0 Å². The van der Waals surface area contributed by atoms with E-state index in [-0.39, 0.29) is 19.5 Å². The van der Waals surface area contributed by atoms with Crippen LogP contribution in [-0.2, 0) is 28.5 Å². The third kappa shape index (κ3) is 8.67. The van der Waals surface area contributed by atoms with Crippen LogP contribution < -0.4 is 0 Å².